The Kier molecular flexibility index (Phi) is 5.55. The van der Waals surface area contributed by atoms with E-state index in [2.05, 4.69) is 15.3 Å². The average Bonchev–Trinajstić information content (AvgIpc) is 2.70. The van der Waals surface area contributed by atoms with Crippen LogP contribution in [-0.2, 0) is 4.79 Å². The Morgan fingerprint density at radius 3 is 2.74 bits per heavy atom. The van der Waals surface area contributed by atoms with E-state index in [1.807, 2.05) is 31.2 Å². The van der Waals surface area contributed by atoms with Gasteiger partial charge in [0.2, 0.25) is 11.8 Å². The number of hydrogen-bond donors (Lipinski definition) is 1. The number of nitriles is 1. The van der Waals surface area contributed by atoms with E-state index in [1.54, 1.807) is 48.8 Å². The number of carbonyl (C=O) groups excluding carboxylic acids is 1. The smallest absolute Gasteiger partial charge is 0.248 e. The van der Waals surface area contributed by atoms with E-state index < -0.39 is 0 Å². The van der Waals surface area contributed by atoms with Gasteiger partial charge >= 0.3 is 0 Å². The number of carbonyl (C=O) groups is 1. The van der Waals surface area contributed by atoms with Gasteiger partial charge in [0.15, 0.2) is 0 Å². The number of anilines is 1. The molecular formula is C21H16N4O2. The zero-order valence-electron chi connectivity index (χ0n) is 14.6. The highest BCUT2D eigenvalue weighted by atomic mass is 16.5. The van der Waals surface area contributed by atoms with E-state index >= 15 is 0 Å². The van der Waals surface area contributed by atoms with Gasteiger partial charge < -0.3 is 10.1 Å². The molecule has 27 heavy (non-hydrogen) atoms. The van der Waals surface area contributed by atoms with Crippen molar-refractivity contribution < 1.29 is 9.53 Å². The molecule has 0 radical (unpaired) electrons. The number of aromatic nitrogens is 2. The molecular weight excluding hydrogens is 340 g/mol. The molecule has 0 aliphatic carbocycles. The largest absolute Gasteiger partial charge is 0.438 e. The highest BCUT2D eigenvalue weighted by Gasteiger charge is 2.08. The van der Waals surface area contributed by atoms with Crippen molar-refractivity contribution in [1.82, 2.24) is 9.97 Å². The van der Waals surface area contributed by atoms with Gasteiger partial charge in [0, 0.05) is 24.2 Å². The van der Waals surface area contributed by atoms with Crippen LogP contribution < -0.4 is 10.1 Å². The molecule has 2 heterocycles. The van der Waals surface area contributed by atoms with Gasteiger partial charge in [-0.25, -0.2) is 4.98 Å². The quantitative estimate of drug-likeness (QED) is 0.695. The molecule has 0 aliphatic heterocycles. The standard InChI is InChI=1S/C21H16N4O2/c1-15-13-18(27-21-16(14-22)5-4-12-24-21)8-9-19(15)25-20(26)10-7-17-6-2-3-11-23-17/h2-13H,1H3,(H,25,26)/b10-7+. The fraction of sp³-hybridized carbons (Fsp3) is 0.0476. The maximum absolute atomic E-state index is 12.1. The number of hydrogen-bond acceptors (Lipinski definition) is 5. The van der Waals surface area contributed by atoms with Crippen LogP contribution in [0.4, 0.5) is 5.69 Å². The maximum atomic E-state index is 12.1. The second kappa shape index (κ2) is 8.41. The lowest BCUT2D eigenvalue weighted by molar-refractivity contribution is -0.111. The number of pyridine rings is 2. The van der Waals surface area contributed by atoms with E-state index in [-0.39, 0.29) is 11.8 Å². The number of nitrogens with zero attached hydrogens (tertiary/aromatic N) is 3. The lowest BCUT2D eigenvalue weighted by Gasteiger charge is -2.10. The van der Waals surface area contributed by atoms with Crippen LogP contribution in [0.3, 0.4) is 0 Å². The molecule has 1 aromatic carbocycles. The minimum Gasteiger partial charge on any atom is -0.438 e. The summed E-state index contributed by atoms with van der Waals surface area (Å²) < 4.78 is 5.68. The molecule has 6 nitrogen and oxygen atoms in total. The van der Waals surface area contributed by atoms with Gasteiger partial charge in [0.25, 0.3) is 0 Å². The maximum Gasteiger partial charge on any atom is 0.248 e. The monoisotopic (exact) mass is 356 g/mol. The summed E-state index contributed by atoms with van der Waals surface area (Å²) in [7, 11) is 0. The van der Waals surface area contributed by atoms with Crippen molar-refractivity contribution in [2.75, 3.05) is 5.32 Å². The number of benzene rings is 1. The summed E-state index contributed by atoms with van der Waals surface area (Å²) in [6.45, 7) is 1.86. The number of amides is 1. The SMILES string of the molecule is Cc1cc(Oc2ncccc2C#N)ccc1NC(=O)/C=C/c1ccccn1. The van der Waals surface area contributed by atoms with Crippen molar-refractivity contribution in [3.63, 3.8) is 0 Å². The van der Waals surface area contributed by atoms with Gasteiger partial charge in [-0.15, -0.1) is 0 Å². The molecule has 0 atom stereocenters. The third kappa shape index (κ3) is 4.77. The fourth-order valence-electron chi connectivity index (χ4n) is 2.32. The molecule has 0 saturated carbocycles. The van der Waals surface area contributed by atoms with Gasteiger partial charge in [-0.05, 0) is 61.0 Å². The molecule has 0 fully saturated rings. The fourth-order valence-corrected chi connectivity index (χ4v) is 2.32. The van der Waals surface area contributed by atoms with Crippen molar-refractivity contribution in [2.24, 2.45) is 0 Å². The molecule has 0 unspecified atom stereocenters. The number of nitrogens with one attached hydrogen (secondary N) is 1. The number of ether oxygens (including phenoxy) is 1. The first-order valence-corrected chi connectivity index (χ1v) is 8.19. The van der Waals surface area contributed by atoms with Crippen LogP contribution in [0.1, 0.15) is 16.8 Å². The molecule has 0 bridgehead atoms. The molecule has 2 aromatic heterocycles. The van der Waals surface area contributed by atoms with Crippen LogP contribution in [0.15, 0.2) is 67.0 Å². The molecule has 132 valence electrons. The van der Waals surface area contributed by atoms with Crippen molar-refractivity contribution >= 4 is 17.7 Å². The minimum absolute atomic E-state index is 0.245. The Morgan fingerprint density at radius 2 is 2.00 bits per heavy atom. The predicted molar refractivity (Wildman–Crippen MR) is 102 cm³/mol. The summed E-state index contributed by atoms with van der Waals surface area (Å²) >= 11 is 0. The minimum atomic E-state index is -0.256. The average molecular weight is 356 g/mol. The molecule has 6 heteroatoms. The summed E-state index contributed by atoms with van der Waals surface area (Å²) in [6.07, 6.45) is 6.30. The van der Waals surface area contributed by atoms with E-state index in [4.69, 9.17) is 10.00 Å². The Hall–Kier alpha value is -3.98. The van der Waals surface area contributed by atoms with E-state index in [1.165, 1.54) is 6.08 Å². The Balaban J connectivity index is 1.69. The van der Waals surface area contributed by atoms with Gasteiger partial charge in [0.1, 0.15) is 17.4 Å². The van der Waals surface area contributed by atoms with Crippen LogP contribution in [-0.4, -0.2) is 15.9 Å². The second-order valence-electron chi connectivity index (χ2n) is 5.62. The molecule has 0 aliphatic rings. The van der Waals surface area contributed by atoms with Gasteiger partial charge in [0.05, 0.1) is 5.69 Å². The molecule has 0 saturated heterocycles. The van der Waals surface area contributed by atoms with Crippen LogP contribution in [0.25, 0.3) is 6.08 Å². The molecule has 3 aromatic rings. The van der Waals surface area contributed by atoms with Crippen LogP contribution in [0.5, 0.6) is 11.6 Å². The summed E-state index contributed by atoms with van der Waals surface area (Å²) in [6, 6.07) is 16.1. The van der Waals surface area contributed by atoms with E-state index in [0.29, 0.717) is 22.7 Å². The molecule has 1 N–H and O–H groups in total. The highest BCUT2D eigenvalue weighted by molar-refractivity contribution is 6.02. The Bertz CT molecular complexity index is 1020. The van der Waals surface area contributed by atoms with Crippen LogP contribution in [0, 0.1) is 18.3 Å². The number of aryl methyl sites for hydroxylation is 1. The zero-order valence-corrected chi connectivity index (χ0v) is 14.6. The van der Waals surface area contributed by atoms with Gasteiger partial charge in [-0.1, -0.05) is 6.07 Å². The van der Waals surface area contributed by atoms with Gasteiger partial charge in [-0.3, -0.25) is 9.78 Å². The lowest BCUT2D eigenvalue weighted by atomic mass is 10.2. The van der Waals surface area contributed by atoms with Crippen molar-refractivity contribution in [2.45, 2.75) is 6.92 Å². The first kappa shape index (κ1) is 17.8. The lowest BCUT2D eigenvalue weighted by Crippen LogP contribution is -2.09. The van der Waals surface area contributed by atoms with Gasteiger partial charge in [-0.2, -0.15) is 5.26 Å². The summed E-state index contributed by atoms with van der Waals surface area (Å²) in [4.78, 5) is 20.3. The third-order valence-electron chi connectivity index (χ3n) is 3.66. The Labute approximate surface area is 156 Å². The Morgan fingerprint density at radius 1 is 1.15 bits per heavy atom. The second-order valence-corrected chi connectivity index (χ2v) is 5.62. The summed E-state index contributed by atoms with van der Waals surface area (Å²) in [5.41, 5.74) is 2.55. The first-order chi connectivity index (χ1) is 13.2. The molecule has 1 amide bonds. The van der Waals surface area contributed by atoms with Crippen LogP contribution in [0.2, 0.25) is 0 Å². The normalized spacial score (nSPS) is 10.4. The highest BCUT2D eigenvalue weighted by Crippen LogP contribution is 2.26. The summed E-state index contributed by atoms with van der Waals surface area (Å²) in [5.74, 6) is 0.521. The first-order valence-electron chi connectivity index (χ1n) is 8.19. The van der Waals surface area contributed by atoms with Crippen molar-refractivity contribution in [1.29, 1.82) is 5.26 Å². The number of rotatable bonds is 5. The van der Waals surface area contributed by atoms with E-state index in [0.717, 1.165) is 5.56 Å². The topological polar surface area (TPSA) is 87.9 Å². The third-order valence-corrected chi connectivity index (χ3v) is 3.66. The van der Waals surface area contributed by atoms with Crippen molar-refractivity contribution in [3.8, 4) is 17.7 Å². The summed E-state index contributed by atoms with van der Waals surface area (Å²) in [5, 5.41) is 11.9. The van der Waals surface area contributed by atoms with Crippen LogP contribution >= 0.6 is 0 Å². The zero-order chi connectivity index (χ0) is 19.1. The predicted octanol–water partition coefficient (Wildman–Crippen LogP) is 4.10. The molecule has 0 spiro atoms. The van der Waals surface area contributed by atoms with Crippen molar-refractivity contribution in [3.05, 3.63) is 83.8 Å². The molecule has 3 rings (SSSR count). The van der Waals surface area contributed by atoms with E-state index in [9.17, 15) is 4.79 Å².